The second-order valence-electron chi connectivity index (χ2n) is 9.38. The Hall–Kier alpha value is -2.73. The fraction of sp³-hybridized carbons (Fsp3) is 0.481. The number of para-hydroxylation sites is 1. The van der Waals surface area contributed by atoms with E-state index in [1.807, 2.05) is 40.1 Å². The van der Waals surface area contributed by atoms with Crippen molar-refractivity contribution in [3.05, 3.63) is 59.6 Å². The van der Waals surface area contributed by atoms with Crippen molar-refractivity contribution in [2.75, 3.05) is 39.4 Å². The van der Waals surface area contributed by atoms with Gasteiger partial charge in [-0.3, -0.25) is 9.59 Å². The van der Waals surface area contributed by atoms with Gasteiger partial charge in [-0.25, -0.2) is 0 Å². The van der Waals surface area contributed by atoms with Gasteiger partial charge in [0.15, 0.2) is 6.61 Å². The van der Waals surface area contributed by atoms with Crippen LogP contribution < -0.4 is 9.47 Å². The lowest BCUT2D eigenvalue weighted by atomic mass is 9.77. The number of hydrogen-bond acceptors (Lipinski definition) is 4. The van der Waals surface area contributed by atoms with E-state index < -0.39 is 5.41 Å². The first kappa shape index (κ1) is 24.4. The molecule has 1 unspecified atom stereocenters. The quantitative estimate of drug-likeness (QED) is 0.539. The zero-order chi connectivity index (χ0) is 23.8. The fourth-order valence-electron chi connectivity index (χ4n) is 4.83. The predicted octanol–water partition coefficient (Wildman–Crippen LogP) is 4.81. The number of ether oxygens (including phenoxy) is 2. The summed E-state index contributed by atoms with van der Waals surface area (Å²) < 4.78 is 11.8. The molecule has 0 aromatic heterocycles. The molecule has 0 N–H and O–H groups in total. The summed E-state index contributed by atoms with van der Waals surface area (Å²) in [5.41, 5.74) is -0.418. The van der Waals surface area contributed by atoms with E-state index in [0.717, 1.165) is 44.5 Å². The van der Waals surface area contributed by atoms with Gasteiger partial charge in [-0.2, -0.15) is 0 Å². The Morgan fingerprint density at radius 3 is 2.21 bits per heavy atom. The van der Waals surface area contributed by atoms with E-state index in [1.54, 1.807) is 24.3 Å². The third kappa shape index (κ3) is 6.66. The Bertz CT molecular complexity index is 947. The van der Waals surface area contributed by atoms with Crippen LogP contribution in [0.5, 0.6) is 11.5 Å². The molecule has 2 heterocycles. The van der Waals surface area contributed by atoms with E-state index in [1.165, 1.54) is 6.42 Å². The minimum atomic E-state index is -0.418. The van der Waals surface area contributed by atoms with Crippen LogP contribution in [0.2, 0.25) is 5.02 Å². The van der Waals surface area contributed by atoms with Crippen LogP contribution in [0.1, 0.15) is 38.5 Å². The van der Waals surface area contributed by atoms with E-state index in [2.05, 4.69) is 0 Å². The molecule has 2 amide bonds. The van der Waals surface area contributed by atoms with Crippen molar-refractivity contribution >= 4 is 23.4 Å². The van der Waals surface area contributed by atoms with Gasteiger partial charge in [0.05, 0.1) is 6.61 Å². The van der Waals surface area contributed by atoms with Crippen LogP contribution in [-0.2, 0) is 9.59 Å². The van der Waals surface area contributed by atoms with Gasteiger partial charge in [0.1, 0.15) is 11.5 Å². The molecule has 182 valence electrons. The number of likely N-dealkylation sites (tertiary alicyclic amines) is 2. The average molecular weight is 485 g/mol. The normalized spacial score (nSPS) is 20.6. The number of carbonyl (C=O) groups excluding carboxylic acids is 2. The molecule has 2 aromatic rings. The smallest absolute Gasteiger partial charge is 0.260 e. The van der Waals surface area contributed by atoms with Crippen molar-refractivity contribution in [1.82, 2.24) is 9.80 Å². The van der Waals surface area contributed by atoms with Crippen molar-refractivity contribution in [2.24, 2.45) is 5.41 Å². The number of piperidine rings is 2. The first-order valence-electron chi connectivity index (χ1n) is 12.1. The van der Waals surface area contributed by atoms with Gasteiger partial charge in [0.25, 0.3) is 5.91 Å². The number of halogens is 1. The highest BCUT2D eigenvalue weighted by molar-refractivity contribution is 6.30. The zero-order valence-electron chi connectivity index (χ0n) is 19.6. The third-order valence-electron chi connectivity index (χ3n) is 6.71. The standard InChI is InChI=1S/C27H33ClN2O4/c28-22-10-12-24(13-11-22)33-19-26(32)30-17-7-14-27(20-30,21-34-23-8-3-1-4-9-23)18-25(31)29-15-5-2-6-16-29/h1,3-4,8-13H,2,5-7,14-21H2. The number of nitrogens with zero attached hydrogens (tertiary/aromatic N) is 2. The summed E-state index contributed by atoms with van der Waals surface area (Å²) in [6.07, 6.45) is 5.38. The van der Waals surface area contributed by atoms with Crippen LogP contribution >= 0.6 is 11.6 Å². The molecule has 0 bridgehead atoms. The third-order valence-corrected chi connectivity index (χ3v) is 6.97. The average Bonchev–Trinajstić information content (AvgIpc) is 2.88. The van der Waals surface area contributed by atoms with Gasteiger partial charge in [0.2, 0.25) is 5.91 Å². The van der Waals surface area contributed by atoms with Crippen LogP contribution in [0, 0.1) is 5.41 Å². The topological polar surface area (TPSA) is 59.1 Å². The zero-order valence-corrected chi connectivity index (χ0v) is 20.3. The van der Waals surface area contributed by atoms with Crippen LogP contribution in [0.15, 0.2) is 54.6 Å². The number of carbonyl (C=O) groups is 2. The highest BCUT2D eigenvalue weighted by Gasteiger charge is 2.41. The van der Waals surface area contributed by atoms with Crippen LogP contribution in [0.25, 0.3) is 0 Å². The molecule has 34 heavy (non-hydrogen) atoms. The molecule has 0 radical (unpaired) electrons. The van der Waals surface area contributed by atoms with E-state index >= 15 is 0 Å². The van der Waals surface area contributed by atoms with Crippen molar-refractivity contribution in [1.29, 1.82) is 0 Å². The summed E-state index contributed by atoms with van der Waals surface area (Å²) in [5, 5.41) is 0.622. The summed E-state index contributed by atoms with van der Waals surface area (Å²) in [4.78, 5) is 30.1. The monoisotopic (exact) mass is 484 g/mol. The first-order chi connectivity index (χ1) is 16.5. The van der Waals surface area contributed by atoms with E-state index in [4.69, 9.17) is 21.1 Å². The molecule has 2 fully saturated rings. The molecule has 2 aromatic carbocycles. The van der Waals surface area contributed by atoms with Crippen LogP contribution in [0.4, 0.5) is 0 Å². The summed E-state index contributed by atoms with van der Waals surface area (Å²) in [6, 6.07) is 16.6. The highest BCUT2D eigenvalue weighted by atomic mass is 35.5. The van der Waals surface area contributed by atoms with Gasteiger partial charge >= 0.3 is 0 Å². The summed E-state index contributed by atoms with van der Waals surface area (Å²) >= 11 is 5.93. The largest absolute Gasteiger partial charge is 0.493 e. The van der Waals surface area contributed by atoms with Gasteiger partial charge < -0.3 is 19.3 Å². The second kappa shape index (κ2) is 11.6. The number of benzene rings is 2. The Morgan fingerprint density at radius 1 is 0.794 bits per heavy atom. The Morgan fingerprint density at radius 2 is 1.47 bits per heavy atom. The lowest BCUT2D eigenvalue weighted by molar-refractivity contribution is -0.143. The lowest BCUT2D eigenvalue weighted by Crippen LogP contribution is -2.52. The Kier molecular flexibility index (Phi) is 8.33. The first-order valence-corrected chi connectivity index (χ1v) is 12.5. The van der Waals surface area contributed by atoms with E-state index in [0.29, 0.717) is 36.9 Å². The molecule has 1 atom stereocenters. The minimum Gasteiger partial charge on any atom is -0.493 e. The highest BCUT2D eigenvalue weighted by Crippen LogP contribution is 2.35. The Balaban J connectivity index is 1.43. The van der Waals surface area contributed by atoms with Crippen molar-refractivity contribution in [2.45, 2.75) is 38.5 Å². The van der Waals surface area contributed by atoms with Crippen LogP contribution in [0.3, 0.4) is 0 Å². The molecule has 2 aliphatic heterocycles. The molecule has 4 rings (SSSR count). The second-order valence-corrected chi connectivity index (χ2v) is 9.82. The molecular weight excluding hydrogens is 452 g/mol. The van der Waals surface area contributed by atoms with Gasteiger partial charge in [0, 0.05) is 43.0 Å². The molecular formula is C27H33ClN2O4. The molecule has 2 saturated heterocycles. The fourth-order valence-corrected chi connectivity index (χ4v) is 4.96. The summed E-state index contributed by atoms with van der Waals surface area (Å²) in [6.45, 7) is 3.16. The maximum Gasteiger partial charge on any atom is 0.260 e. The maximum absolute atomic E-state index is 13.2. The van der Waals surface area contributed by atoms with E-state index in [9.17, 15) is 9.59 Å². The molecule has 0 saturated carbocycles. The Labute approximate surface area is 206 Å². The van der Waals surface area contributed by atoms with Crippen molar-refractivity contribution in [3.63, 3.8) is 0 Å². The van der Waals surface area contributed by atoms with Gasteiger partial charge in [-0.05, 0) is 68.5 Å². The summed E-state index contributed by atoms with van der Waals surface area (Å²) in [5.74, 6) is 1.47. The molecule has 2 aliphatic rings. The van der Waals surface area contributed by atoms with Crippen molar-refractivity contribution in [3.8, 4) is 11.5 Å². The molecule has 7 heteroatoms. The lowest BCUT2D eigenvalue weighted by Gasteiger charge is -2.43. The van der Waals surface area contributed by atoms with Gasteiger partial charge in [-0.1, -0.05) is 29.8 Å². The number of rotatable bonds is 8. The minimum absolute atomic E-state index is 0.0443. The molecule has 6 nitrogen and oxygen atoms in total. The molecule has 0 spiro atoms. The van der Waals surface area contributed by atoms with Crippen molar-refractivity contribution < 1.29 is 19.1 Å². The number of amides is 2. The SMILES string of the molecule is O=C(CC1(COc2ccccc2)CCCN(C(=O)COc2ccc(Cl)cc2)C1)N1CCCCC1. The van der Waals surface area contributed by atoms with E-state index in [-0.39, 0.29) is 18.4 Å². The summed E-state index contributed by atoms with van der Waals surface area (Å²) in [7, 11) is 0. The predicted molar refractivity (Wildman–Crippen MR) is 132 cm³/mol. The van der Waals surface area contributed by atoms with Gasteiger partial charge in [-0.15, -0.1) is 0 Å². The maximum atomic E-state index is 13.2. The molecule has 0 aliphatic carbocycles. The van der Waals surface area contributed by atoms with Crippen LogP contribution in [-0.4, -0.2) is 61.0 Å². The number of hydrogen-bond donors (Lipinski definition) is 0.